The lowest BCUT2D eigenvalue weighted by Crippen LogP contribution is -2.71. The van der Waals surface area contributed by atoms with E-state index < -0.39 is 52.0 Å². The molecule has 2 fully saturated rings. The molecule has 0 aromatic carbocycles. The Balaban J connectivity index is 1.33. The predicted octanol–water partition coefficient (Wildman–Crippen LogP) is -0.740. The number of pyridine rings is 1. The van der Waals surface area contributed by atoms with Gasteiger partial charge in [0, 0.05) is 35.4 Å². The third kappa shape index (κ3) is 6.34. The number of nitrogens with one attached hydrogen (secondary N) is 2. The van der Waals surface area contributed by atoms with Gasteiger partial charge >= 0.3 is 11.9 Å². The highest BCUT2D eigenvalue weighted by atomic mass is 32.2. The molecule has 0 radical (unpaired) electrons. The van der Waals surface area contributed by atoms with E-state index in [1.54, 1.807) is 0 Å². The van der Waals surface area contributed by atoms with E-state index in [0.717, 1.165) is 31.5 Å². The van der Waals surface area contributed by atoms with Crippen molar-refractivity contribution in [3.63, 3.8) is 0 Å². The number of aromatic nitrogens is 1. The van der Waals surface area contributed by atoms with Crippen LogP contribution in [0.25, 0.3) is 0 Å². The van der Waals surface area contributed by atoms with Gasteiger partial charge in [0.25, 0.3) is 11.8 Å². The van der Waals surface area contributed by atoms with E-state index in [-0.39, 0.29) is 11.5 Å². The van der Waals surface area contributed by atoms with Crippen molar-refractivity contribution in [3.8, 4) is 0 Å². The Morgan fingerprint density at radius 2 is 2.12 bits per heavy atom. The van der Waals surface area contributed by atoms with Gasteiger partial charge in [-0.05, 0) is 51.9 Å². The molecule has 1 aromatic heterocycles. The number of likely N-dealkylation sites (tertiary alicyclic amines) is 1. The topological polar surface area (TPSA) is 203 Å². The summed E-state index contributed by atoms with van der Waals surface area (Å²) in [7, 11) is 2.09. The van der Waals surface area contributed by atoms with Crippen molar-refractivity contribution in [3.05, 3.63) is 41.4 Å². The third-order valence-corrected chi connectivity index (χ3v) is 9.50. The smallest absolute Gasteiger partial charge is 0.352 e. The minimum Gasteiger partial charge on any atom is -0.478 e. The van der Waals surface area contributed by atoms with Crippen LogP contribution in [0.4, 0.5) is 0 Å². The second-order valence-corrected chi connectivity index (χ2v) is 13.1. The Morgan fingerprint density at radius 3 is 2.74 bits per heavy atom. The maximum Gasteiger partial charge on any atom is 0.352 e. The highest BCUT2D eigenvalue weighted by Crippen LogP contribution is 2.40. The van der Waals surface area contributed by atoms with Gasteiger partial charge in [-0.2, -0.15) is 0 Å². The highest BCUT2D eigenvalue weighted by Gasteiger charge is 2.55. The van der Waals surface area contributed by atoms with Gasteiger partial charge in [-0.25, -0.2) is 19.1 Å². The summed E-state index contributed by atoms with van der Waals surface area (Å²) in [5, 5.41) is 25.1. The van der Waals surface area contributed by atoms with Gasteiger partial charge < -0.3 is 30.0 Å². The standard InChI is InChI=1S/C26H32N8O7S2/c1-26(2,24(39)40)41-30-16(19-29-25(27)43-31-19)20(35)28-17-21(36)34-18(23(37)38)15(12-42-22(17)34)11-33-7-4-5-13(10-33)14-6-8-32(3)9-14/h4-5,7,10,14,17,22,25H,6,8-9,11-12,27H2,1-3H3,(H3-,28,29,31,35,37,38,39,40)/p+1/b30-16-/t14?,17-,22?,25?/m1/s1. The van der Waals surface area contributed by atoms with Crippen LogP contribution in [0.3, 0.4) is 0 Å². The second kappa shape index (κ2) is 12.1. The number of carbonyl (C=O) groups is 4. The first kappa shape index (κ1) is 30.8. The summed E-state index contributed by atoms with van der Waals surface area (Å²) in [6.45, 7) is 4.80. The molecule has 230 valence electrons. The SMILES string of the molecule is CN1CCC(c2ccc[n+](CC3=C(C(=O)O)N4C(=O)[C@@H](NC(=O)/C(=N\OC(C)(C)C(=O)O)C5=NC(N)SN5)C4SC3)c2)C1. The fourth-order valence-electron chi connectivity index (χ4n) is 5.12. The maximum absolute atomic E-state index is 13.3. The Hall–Kier alpha value is -3.67. The van der Waals surface area contributed by atoms with E-state index in [4.69, 9.17) is 10.6 Å². The van der Waals surface area contributed by atoms with Crippen molar-refractivity contribution >= 4 is 59.0 Å². The second-order valence-electron chi connectivity index (χ2n) is 11.1. The average molecular weight is 634 g/mol. The quantitative estimate of drug-likeness (QED) is 0.0711. The van der Waals surface area contributed by atoms with Crippen LogP contribution in [-0.2, 0) is 30.6 Å². The molecule has 4 aliphatic rings. The lowest BCUT2D eigenvalue weighted by Gasteiger charge is -2.49. The van der Waals surface area contributed by atoms with Crippen molar-refractivity contribution in [2.24, 2.45) is 15.9 Å². The van der Waals surface area contributed by atoms with E-state index >= 15 is 0 Å². The molecular weight excluding hydrogens is 600 g/mol. The zero-order chi connectivity index (χ0) is 31.1. The molecule has 2 saturated heterocycles. The molecule has 5 heterocycles. The Labute approximate surface area is 255 Å². The Morgan fingerprint density at radius 1 is 1.35 bits per heavy atom. The number of β-lactam (4-membered cyclic amide) rings is 1. The molecule has 15 nitrogen and oxygen atoms in total. The summed E-state index contributed by atoms with van der Waals surface area (Å²) < 4.78 is 4.68. The van der Waals surface area contributed by atoms with Crippen molar-refractivity contribution in [2.45, 2.75) is 55.2 Å². The van der Waals surface area contributed by atoms with Crippen molar-refractivity contribution in [2.75, 3.05) is 25.9 Å². The summed E-state index contributed by atoms with van der Waals surface area (Å²) in [4.78, 5) is 63.1. The number of fused-ring (bicyclic) bond motifs is 1. The van der Waals surface area contributed by atoms with E-state index in [2.05, 4.69) is 38.2 Å². The molecule has 0 bridgehead atoms. The van der Waals surface area contributed by atoms with Crippen molar-refractivity contribution in [1.82, 2.24) is 19.8 Å². The number of hydrogen-bond acceptors (Lipinski definition) is 12. The van der Waals surface area contributed by atoms with Crippen LogP contribution >= 0.6 is 23.7 Å². The number of aliphatic carboxylic acids is 2. The van der Waals surface area contributed by atoms with Gasteiger partial charge in [0.15, 0.2) is 30.3 Å². The number of hydrogen-bond donors (Lipinski definition) is 5. The number of carboxylic acids is 2. The van der Waals surface area contributed by atoms with E-state index in [9.17, 15) is 29.4 Å². The van der Waals surface area contributed by atoms with Gasteiger partial charge in [-0.3, -0.25) is 20.2 Å². The van der Waals surface area contributed by atoms with Crippen LogP contribution in [0.5, 0.6) is 0 Å². The summed E-state index contributed by atoms with van der Waals surface area (Å²) in [6, 6.07) is 2.97. The molecular formula is C26H33N8O7S2+. The first-order chi connectivity index (χ1) is 20.4. The highest BCUT2D eigenvalue weighted by molar-refractivity contribution is 8.00. The third-order valence-electron chi connectivity index (χ3n) is 7.51. The number of carboxylic acid groups (broad SMARTS) is 2. The number of amidine groups is 1. The number of oxime groups is 1. The number of rotatable bonds is 10. The Kier molecular flexibility index (Phi) is 8.69. The van der Waals surface area contributed by atoms with Crippen LogP contribution in [0.15, 0.2) is 45.9 Å². The van der Waals surface area contributed by atoms with Gasteiger partial charge in [0.1, 0.15) is 17.1 Å². The first-order valence-electron chi connectivity index (χ1n) is 13.5. The molecule has 4 aliphatic heterocycles. The van der Waals surface area contributed by atoms with Gasteiger partial charge in [0.05, 0.1) is 0 Å². The van der Waals surface area contributed by atoms with E-state index in [0.29, 0.717) is 23.8 Å². The number of carbonyl (C=O) groups excluding carboxylic acids is 2. The van der Waals surface area contributed by atoms with Crippen molar-refractivity contribution < 1.29 is 38.8 Å². The van der Waals surface area contributed by atoms with Crippen molar-refractivity contribution in [1.29, 1.82) is 0 Å². The van der Waals surface area contributed by atoms with Crippen LogP contribution < -0.4 is 20.3 Å². The van der Waals surface area contributed by atoms with Crippen LogP contribution in [-0.4, -0.2) is 104 Å². The molecule has 43 heavy (non-hydrogen) atoms. The van der Waals surface area contributed by atoms with Gasteiger partial charge in [0.2, 0.25) is 11.3 Å². The fourth-order valence-corrected chi connectivity index (χ4v) is 7.00. The molecule has 5 rings (SSSR count). The summed E-state index contributed by atoms with van der Waals surface area (Å²) in [6.07, 6.45) is 4.97. The number of likely N-dealkylation sites (N-methyl/N-ethyl adjacent to an activating group) is 1. The predicted molar refractivity (Wildman–Crippen MR) is 158 cm³/mol. The molecule has 6 N–H and O–H groups in total. The summed E-state index contributed by atoms with van der Waals surface area (Å²) >= 11 is 2.34. The average Bonchev–Trinajstić information content (AvgIpc) is 3.59. The number of aliphatic imine (C=N–C) groups is 1. The molecule has 1 aromatic rings. The monoisotopic (exact) mass is 633 g/mol. The van der Waals surface area contributed by atoms with Gasteiger partial charge in [-0.15, -0.1) is 11.8 Å². The molecule has 4 atom stereocenters. The molecule has 3 unspecified atom stereocenters. The molecule has 2 amide bonds. The summed E-state index contributed by atoms with van der Waals surface area (Å²) in [5.41, 5.74) is 4.53. The van der Waals surface area contributed by atoms with Gasteiger partial charge in [-0.1, -0.05) is 5.16 Å². The molecule has 0 aliphatic carbocycles. The van der Waals surface area contributed by atoms with Crippen LogP contribution in [0, 0.1) is 0 Å². The number of amides is 2. The normalized spacial score (nSPS) is 26.0. The fraction of sp³-hybridized carbons (Fsp3) is 0.500. The molecule has 17 heteroatoms. The summed E-state index contributed by atoms with van der Waals surface area (Å²) in [5.74, 6) is -3.30. The molecule has 0 spiro atoms. The lowest BCUT2D eigenvalue weighted by molar-refractivity contribution is -0.689. The largest absolute Gasteiger partial charge is 0.478 e. The number of nitrogens with zero attached hydrogens (tertiary/aromatic N) is 5. The van der Waals surface area contributed by atoms with E-state index in [1.807, 2.05) is 23.0 Å². The number of thioether (sulfide) groups is 1. The maximum atomic E-state index is 13.3. The minimum absolute atomic E-state index is 0.0481. The number of nitrogens with two attached hydrogens (primary N) is 1. The minimum atomic E-state index is -1.76. The molecule has 0 saturated carbocycles. The van der Waals surface area contributed by atoms with Crippen LogP contribution in [0.1, 0.15) is 31.7 Å². The first-order valence-corrected chi connectivity index (χ1v) is 15.4. The zero-order valence-corrected chi connectivity index (χ0v) is 25.4. The van der Waals surface area contributed by atoms with E-state index in [1.165, 1.54) is 36.1 Å². The lowest BCUT2D eigenvalue weighted by atomic mass is 10.00. The van der Waals surface area contributed by atoms with Crippen LogP contribution in [0.2, 0.25) is 0 Å². The zero-order valence-electron chi connectivity index (χ0n) is 23.7. The Bertz CT molecular complexity index is 1450.